The van der Waals surface area contributed by atoms with Crippen molar-refractivity contribution in [3.63, 3.8) is 0 Å². The van der Waals surface area contributed by atoms with Crippen molar-refractivity contribution < 1.29 is 5.11 Å². The van der Waals surface area contributed by atoms with Crippen LogP contribution in [0.3, 0.4) is 0 Å². The molecule has 0 heterocycles. The van der Waals surface area contributed by atoms with Crippen LogP contribution in [0.2, 0.25) is 0 Å². The van der Waals surface area contributed by atoms with Gasteiger partial charge < -0.3 is 5.11 Å². The highest BCUT2D eigenvalue weighted by Gasteiger charge is 2.08. The molecule has 2 atom stereocenters. The van der Waals surface area contributed by atoms with Crippen molar-refractivity contribution >= 4 is 0 Å². The molecular weight excluding hydrogens is 150 g/mol. The zero-order valence-corrected chi connectivity index (χ0v) is 8.88. The molecule has 0 radical (unpaired) electrons. The Morgan fingerprint density at radius 3 is 2.17 bits per heavy atom. The molecule has 2 unspecified atom stereocenters. The number of aliphatic hydroxyl groups excluding tert-OH is 1. The lowest BCUT2D eigenvalue weighted by atomic mass is 10.00. The lowest BCUT2D eigenvalue weighted by Crippen LogP contribution is -2.27. The summed E-state index contributed by atoms with van der Waals surface area (Å²) >= 11 is 0. The molecule has 0 aliphatic heterocycles. The Hall–Kier alpha value is -0.0800. The van der Waals surface area contributed by atoms with Gasteiger partial charge in [-0.2, -0.15) is 0 Å². The van der Waals surface area contributed by atoms with Crippen LogP contribution in [0.5, 0.6) is 0 Å². The Bertz CT molecular complexity index is 104. The minimum atomic E-state index is -0.260. The first-order valence-electron chi connectivity index (χ1n) is 4.92. The summed E-state index contributed by atoms with van der Waals surface area (Å²) in [5.74, 6) is 0.754. The summed E-state index contributed by atoms with van der Waals surface area (Å²) in [6.07, 6.45) is 4.30. The van der Waals surface area contributed by atoms with Crippen LogP contribution < -0.4 is 0 Å². The quantitative estimate of drug-likeness (QED) is 0.622. The summed E-state index contributed by atoms with van der Waals surface area (Å²) in [6.45, 7) is 4.46. The van der Waals surface area contributed by atoms with Gasteiger partial charge >= 0.3 is 0 Å². The number of nitrogens with zero attached hydrogens (tertiary/aromatic N) is 1. The van der Waals surface area contributed by atoms with Crippen molar-refractivity contribution in [2.24, 2.45) is 5.92 Å². The molecule has 0 saturated heterocycles. The fourth-order valence-corrected chi connectivity index (χ4v) is 1.33. The van der Waals surface area contributed by atoms with E-state index in [1.807, 2.05) is 19.0 Å². The molecule has 74 valence electrons. The number of aliphatic hydroxyl groups is 1. The normalized spacial score (nSPS) is 16.5. The molecular formula is C10H23NO. The van der Waals surface area contributed by atoms with Crippen LogP contribution in [0.4, 0.5) is 0 Å². The van der Waals surface area contributed by atoms with Gasteiger partial charge in [0.1, 0.15) is 6.23 Å². The second kappa shape index (κ2) is 6.44. The molecule has 0 aromatic heterocycles. The molecule has 1 N–H and O–H groups in total. The predicted octanol–water partition coefficient (Wildman–Crippen LogP) is 2.08. The van der Waals surface area contributed by atoms with E-state index >= 15 is 0 Å². The molecule has 0 fully saturated rings. The Kier molecular flexibility index (Phi) is 6.39. The second-order valence-corrected chi connectivity index (χ2v) is 3.92. The van der Waals surface area contributed by atoms with E-state index < -0.39 is 0 Å². The summed E-state index contributed by atoms with van der Waals surface area (Å²) in [7, 11) is 3.82. The topological polar surface area (TPSA) is 23.5 Å². The standard InChI is InChI=1S/C10H23NO/c1-5-6-9(2)7-8-10(12)11(3)4/h9-10,12H,5-8H2,1-4H3. The van der Waals surface area contributed by atoms with Crippen LogP contribution in [0.1, 0.15) is 39.5 Å². The van der Waals surface area contributed by atoms with Gasteiger partial charge in [-0.3, -0.25) is 4.90 Å². The molecule has 0 rings (SSSR count). The molecule has 2 heteroatoms. The maximum absolute atomic E-state index is 9.47. The SMILES string of the molecule is CCCC(C)CCC(O)N(C)C. The number of hydrogen-bond acceptors (Lipinski definition) is 2. The molecule has 0 amide bonds. The third kappa shape index (κ3) is 5.56. The average Bonchev–Trinajstić information content (AvgIpc) is 2.00. The maximum atomic E-state index is 9.47. The maximum Gasteiger partial charge on any atom is 0.106 e. The molecule has 12 heavy (non-hydrogen) atoms. The fraction of sp³-hybridized carbons (Fsp3) is 1.00. The fourth-order valence-electron chi connectivity index (χ4n) is 1.33. The van der Waals surface area contributed by atoms with Crippen LogP contribution in [0.15, 0.2) is 0 Å². The van der Waals surface area contributed by atoms with E-state index in [9.17, 15) is 5.11 Å². The predicted molar refractivity (Wildman–Crippen MR) is 53.0 cm³/mol. The molecule has 0 spiro atoms. The summed E-state index contributed by atoms with van der Waals surface area (Å²) in [5.41, 5.74) is 0. The van der Waals surface area contributed by atoms with E-state index in [2.05, 4.69) is 13.8 Å². The summed E-state index contributed by atoms with van der Waals surface area (Å²) in [5, 5.41) is 9.47. The minimum Gasteiger partial charge on any atom is -0.378 e. The van der Waals surface area contributed by atoms with E-state index in [4.69, 9.17) is 0 Å². The molecule has 0 aliphatic carbocycles. The monoisotopic (exact) mass is 173 g/mol. The second-order valence-electron chi connectivity index (χ2n) is 3.92. The molecule has 0 aromatic rings. The van der Waals surface area contributed by atoms with Crippen molar-refractivity contribution in [3.8, 4) is 0 Å². The first-order chi connectivity index (χ1) is 5.57. The lowest BCUT2D eigenvalue weighted by molar-refractivity contribution is 0.0283. The molecule has 2 nitrogen and oxygen atoms in total. The smallest absolute Gasteiger partial charge is 0.106 e. The highest BCUT2D eigenvalue weighted by molar-refractivity contribution is 4.57. The van der Waals surface area contributed by atoms with Crippen molar-refractivity contribution in [3.05, 3.63) is 0 Å². The average molecular weight is 173 g/mol. The van der Waals surface area contributed by atoms with Gasteiger partial charge in [0, 0.05) is 0 Å². The summed E-state index contributed by atoms with van der Waals surface area (Å²) in [6, 6.07) is 0. The number of rotatable bonds is 6. The highest BCUT2D eigenvalue weighted by atomic mass is 16.3. The van der Waals surface area contributed by atoms with Gasteiger partial charge in [-0.15, -0.1) is 0 Å². The zero-order valence-electron chi connectivity index (χ0n) is 8.88. The minimum absolute atomic E-state index is 0.260. The molecule has 0 saturated carbocycles. The van der Waals surface area contributed by atoms with Gasteiger partial charge in [0.05, 0.1) is 0 Å². The third-order valence-corrected chi connectivity index (χ3v) is 2.30. The van der Waals surface area contributed by atoms with Gasteiger partial charge in [0.15, 0.2) is 0 Å². The van der Waals surface area contributed by atoms with Crippen LogP contribution in [-0.2, 0) is 0 Å². The Morgan fingerprint density at radius 2 is 1.75 bits per heavy atom. The van der Waals surface area contributed by atoms with E-state index in [1.54, 1.807) is 0 Å². The van der Waals surface area contributed by atoms with E-state index in [0.717, 1.165) is 18.8 Å². The third-order valence-electron chi connectivity index (χ3n) is 2.30. The molecule has 0 bridgehead atoms. The summed E-state index contributed by atoms with van der Waals surface area (Å²) < 4.78 is 0. The van der Waals surface area contributed by atoms with Crippen LogP contribution in [-0.4, -0.2) is 30.3 Å². The lowest BCUT2D eigenvalue weighted by Gasteiger charge is -2.19. The van der Waals surface area contributed by atoms with Crippen LogP contribution >= 0.6 is 0 Å². The molecule has 0 aliphatic rings. The molecule has 0 aromatic carbocycles. The van der Waals surface area contributed by atoms with Crippen molar-refractivity contribution in [1.82, 2.24) is 4.90 Å². The summed E-state index contributed by atoms with van der Waals surface area (Å²) in [4.78, 5) is 1.86. The van der Waals surface area contributed by atoms with Gasteiger partial charge in [0.25, 0.3) is 0 Å². The van der Waals surface area contributed by atoms with Crippen molar-refractivity contribution in [1.29, 1.82) is 0 Å². The Morgan fingerprint density at radius 1 is 1.17 bits per heavy atom. The Labute approximate surface area is 76.6 Å². The highest BCUT2D eigenvalue weighted by Crippen LogP contribution is 2.14. The first kappa shape index (κ1) is 11.9. The largest absolute Gasteiger partial charge is 0.378 e. The first-order valence-corrected chi connectivity index (χ1v) is 4.92. The Balaban J connectivity index is 3.40. The van der Waals surface area contributed by atoms with Crippen LogP contribution in [0.25, 0.3) is 0 Å². The van der Waals surface area contributed by atoms with Gasteiger partial charge in [-0.25, -0.2) is 0 Å². The zero-order chi connectivity index (χ0) is 9.56. The van der Waals surface area contributed by atoms with Gasteiger partial charge in [-0.1, -0.05) is 26.7 Å². The van der Waals surface area contributed by atoms with Crippen molar-refractivity contribution in [2.45, 2.75) is 45.8 Å². The van der Waals surface area contributed by atoms with Gasteiger partial charge in [-0.05, 0) is 32.9 Å². The van der Waals surface area contributed by atoms with Gasteiger partial charge in [0.2, 0.25) is 0 Å². The van der Waals surface area contributed by atoms with Crippen molar-refractivity contribution in [2.75, 3.05) is 14.1 Å². The van der Waals surface area contributed by atoms with Crippen LogP contribution in [0, 0.1) is 5.92 Å². The number of hydrogen-bond donors (Lipinski definition) is 1. The van der Waals surface area contributed by atoms with E-state index in [0.29, 0.717) is 0 Å². The van der Waals surface area contributed by atoms with E-state index in [-0.39, 0.29) is 6.23 Å². The van der Waals surface area contributed by atoms with E-state index in [1.165, 1.54) is 12.8 Å².